The van der Waals surface area contributed by atoms with Crippen molar-refractivity contribution in [3.05, 3.63) is 0 Å². The van der Waals surface area contributed by atoms with E-state index in [9.17, 15) is 4.79 Å². The van der Waals surface area contributed by atoms with Crippen molar-refractivity contribution in [2.75, 3.05) is 26.7 Å². The largest absolute Gasteiger partial charge is 0.374 e. The van der Waals surface area contributed by atoms with Gasteiger partial charge in [0.2, 0.25) is 5.91 Å². The van der Waals surface area contributed by atoms with Gasteiger partial charge in [-0.25, -0.2) is 0 Å². The van der Waals surface area contributed by atoms with Crippen LogP contribution in [0, 0.1) is 11.8 Å². The molecular weight excluding hydrogens is 280 g/mol. The number of likely N-dealkylation sites (tertiary alicyclic amines) is 1. The number of ether oxygens (including phenoxy) is 1. The van der Waals surface area contributed by atoms with Crippen molar-refractivity contribution in [3.8, 4) is 0 Å². The van der Waals surface area contributed by atoms with Crippen LogP contribution in [-0.4, -0.2) is 61.2 Å². The monoisotopic (exact) mass is 308 g/mol. The van der Waals surface area contributed by atoms with Gasteiger partial charge in [0, 0.05) is 37.5 Å². The Morgan fingerprint density at radius 1 is 1.23 bits per heavy atom. The van der Waals surface area contributed by atoms with E-state index in [1.165, 1.54) is 12.8 Å². The third-order valence-electron chi connectivity index (χ3n) is 4.89. The summed E-state index contributed by atoms with van der Waals surface area (Å²) in [5.74, 6) is 2.11. The summed E-state index contributed by atoms with van der Waals surface area (Å²) in [5.41, 5.74) is -0.205. The molecule has 3 saturated heterocycles. The highest BCUT2D eigenvalue weighted by atomic mass is 16.5. The van der Waals surface area contributed by atoms with Gasteiger partial charge in [0.25, 0.3) is 0 Å². The topological polar surface area (TPSA) is 66.0 Å². The van der Waals surface area contributed by atoms with E-state index in [1.807, 2.05) is 20.8 Å². The Morgan fingerprint density at radius 2 is 1.82 bits per heavy atom. The van der Waals surface area contributed by atoms with Crippen molar-refractivity contribution in [3.63, 3.8) is 0 Å². The van der Waals surface area contributed by atoms with Gasteiger partial charge in [-0.1, -0.05) is 0 Å². The van der Waals surface area contributed by atoms with Crippen molar-refractivity contribution in [2.45, 2.75) is 51.4 Å². The van der Waals surface area contributed by atoms with Crippen LogP contribution in [-0.2, 0) is 9.53 Å². The normalized spacial score (nSPS) is 34.0. The van der Waals surface area contributed by atoms with Gasteiger partial charge >= 0.3 is 0 Å². The van der Waals surface area contributed by atoms with Crippen LogP contribution < -0.4 is 10.6 Å². The van der Waals surface area contributed by atoms with Crippen molar-refractivity contribution in [1.82, 2.24) is 15.5 Å². The number of carbonyl (C=O) groups is 1. The molecule has 4 unspecified atom stereocenters. The highest BCUT2D eigenvalue weighted by molar-refractivity contribution is 5.86. The summed E-state index contributed by atoms with van der Waals surface area (Å²) in [4.78, 5) is 18.6. The summed E-state index contributed by atoms with van der Waals surface area (Å²) in [5, 5.41) is 6.15. The van der Waals surface area contributed by atoms with Crippen molar-refractivity contribution < 1.29 is 9.53 Å². The van der Waals surface area contributed by atoms with E-state index in [-0.39, 0.29) is 18.0 Å². The molecule has 3 fully saturated rings. The van der Waals surface area contributed by atoms with Crippen molar-refractivity contribution >= 4 is 11.9 Å². The van der Waals surface area contributed by atoms with E-state index < -0.39 is 0 Å². The minimum Gasteiger partial charge on any atom is -0.374 e. The first-order valence-electron chi connectivity index (χ1n) is 8.29. The maximum atomic E-state index is 11.9. The van der Waals surface area contributed by atoms with Crippen LogP contribution in [0.4, 0.5) is 0 Å². The Morgan fingerprint density at radius 3 is 2.32 bits per heavy atom. The van der Waals surface area contributed by atoms with E-state index in [0.717, 1.165) is 19.0 Å². The molecule has 0 aliphatic carbocycles. The van der Waals surface area contributed by atoms with E-state index in [4.69, 9.17) is 4.74 Å². The molecule has 0 spiro atoms. The lowest BCUT2D eigenvalue weighted by Crippen LogP contribution is -2.49. The van der Waals surface area contributed by atoms with Crippen LogP contribution in [0.5, 0.6) is 0 Å². The number of nitrogens with zero attached hydrogens (tertiary/aromatic N) is 2. The molecule has 0 radical (unpaired) electrons. The molecule has 1 amide bonds. The number of hydrogen-bond donors (Lipinski definition) is 2. The minimum absolute atomic E-state index is 0.00329. The molecule has 3 aliphatic rings. The molecule has 3 heterocycles. The van der Waals surface area contributed by atoms with Crippen LogP contribution in [0.1, 0.15) is 33.6 Å². The number of hydrogen-bond acceptors (Lipinski definition) is 3. The van der Waals surface area contributed by atoms with Gasteiger partial charge in [0.1, 0.15) is 0 Å². The minimum atomic E-state index is -0.205. The molecule has 22 heavy (non-hydrogen) atoms. The molecule has 3 aliphatic heterocycles. The number of rotatable bonds is 2. The summed E-state index contributed by atoms with van der Waals surface area (Å²) in [6.45, 7) is 8.20. The van der Waals surface area contributed by atoms with E-state index in [1.54, 1.807) is 7.05 Å². The van der Waals surface area contributed by atoms with Crippen LogP contribution in [0.25, 0.3) is 0 Å². The van der Waals surface area contributed by atoms with Crippen molar-refractivity contribution in [2.24, 2.45) is 16.8 Å². The summed E-state index contributed by atoms with van der Waals surface area (Å²) in [6.07, 6.45) is 3.31. The molecule has 2 N–H and O–H groups in total. The van der Waals surface area contributed by atoms with Crippen LogP contribution in [0.3, 0.4) is 0 Å². The van der Waals surface area contributed by atoms with Gasteiger partial charge in [0.05, 0.1) is 18.8 Å². The summed E-state index contributed by atoms with van der Waals surface area (Å²) in [7, 11) is 1.78. The Labute approximate surface area is 132 Å². The number of carbonyl (C=O) groups excluding carboxylic acids is 1. The molecule has 124 valence electrons. The number of amides is 1. The van der Waals surface area contributed by atoms with Crippen LogP contribution in [0.2, 0.25) is 0 Å². The molecule has 3 rings (SSSR count). The fourth-order valence-corrected chi connectivity index (χ4v) is 4.09. The van der Waals surface area contributed by atoms with Crippen LogP contribution >= 0.6 is 0 Å². The first-order chi connectivity index (χ1) is 10.4. The fraction of sp³-hybridized carbons (Fsp3) is 0.875. The molecular formula is C16H28N4O2. The summed E-state index contributed by atoms with van der Waals surface area (Å²) in [6, 6.07) is 0. The van der Waals surface area contributed by atoms with Gasteiger partial charge in [0.15, 0.2) is 5.96 Å². The molecule has 6 heteroatoms. The van der Waals surface area contributed by atoms with Gasteiger partial charge in [-0.15, -0.1) is 0 Å². The van der Waals surface area contributed by atoms with Crippen LogP contribution in [0.15, 0.2) is 4.99 Å². The SMILES string of the molecule is CN=C(NCC(=O)NC(C)(C)C)N1CC2C3CCC(O3)C2C1. The smallest absolute Gasteiger partial charge is 0.239 e. The lowest BCUT2D eigenvalue weighted by atomic mass is 9.82. The van der Waals surface area contributed by atoms with E-state index in [2.05, 4.69) is 20.5 Å². The first kappa shape index (κ1) is 15.6. The summed E-state index contributed by atoms with van der Waals surface area (Å²) >= 11 is 0. The molecule has 6 nitrogen and oxygen atoms in total. The molecule has 0 aromatic rings. The second-order valence-corrected chi connectivity index (χ2v) is 7.72. The Balaban J connectivity index is 1.52. The number of fused-ring (bicyclic) bond motifs is 5. The molecule has 2 bridgehead atoms. The zero-order valence-electron chi connectivity index (χ0n) is 14.1. The Kier molecular flexibility index (Phi) is 4.05. The third-order valence-corrected chi connectivity index (χ3v) is 4.89. The maximum absolute atomic E-state index is 11.9. The van der Waals surface area contributed by atoms with Gasteiger partial charge in [-0.2, -0.15) is 0 Å². The highest BCUT2D eigenvalue weighted by Gasteiger charge is 2.53. The molecule has 0 aromatic carbocycles. The van der Waals surface area contributed by atoms with Gasteiger partial charge in [-0.3, -0.25) is 9.79 Å². The van der Waals surface area contributed by atoms with Crippen molar-refractivity contribution in [1.29, 1.82) is 0 Å². The first-order valence-corrected chi connectivity index (χ1v) is 8.29. The average Bonchev–Trinajstić information content (AvgIpc) is 3.09. The second-order valence-electron chi connectivity index (χ2n) is 7.72. The zero-order valence-corrected chi connectivity index (χ0v) is 14.1. The predicted molar refractivity (Wildman–Crippen MR) is 85.7 cm³/mol. The Bertz CT molecular complexity index is 453. The lowest BCUT2D eigenvalue weighted by Gasteiger charge is -2.25. The highest BCUT2D eigenvalue weighted by Crippen LogP contribution is 2.47. The average molecular weight is 308 g/mol. The number of nitrogens with one attached hydrogen (secondary N) is 2. The molecule has 4 atom stereocenters. The quantitative estimate of drug-likeness (QED) is 0.579. The molecule has 0 saturated carbocycles. The van der Waals surface area contributed by atoms with Gasteiger partial charge in [-0.05, 0) is 33.6 Å². The summed E-state index contributed by atoms with van der Waals surface area (Å²) < 4.78 is 6.00. The van der Waals surface area contributed by atoms with Gasteiger partial charge < -0.3 is 20.3 Å². The maximum Gasteiger partial charge on any atom is 0.239 e. The number of guanidine groups is 1. The standard InChI is InChI=1S/C16H28N4O2/c1-16(2,3)19-14(21)7-18-15(17-4)20-8-10-11(9-20)13-6-5-12(10)22-13/h10-13H,5-9H2,1-4H3,(H,17,18)(H,19,21). The predicted octanol–water partition coefficient (Wildman–Crippen LogP) is 0.586. The molecule has 0 aromatic heterocycles. The van der Waals surface area contributed by atoms with E-state index >= 15 is 0 Å². The van der Waals surface area contributed by atoms with E-state index in [0.29, 0.717) is 24.0 Å². The lowest BCUT2D eigenvalue weighted by molar-refractivity contribution is -0.121. The Hall–Kier alpha value is -1.30. The zero-order chi connectivity index (χ0) is 15.9. The fourth-order valence-electron chi connectivity index (χ4n) is 4.09. The second kappa shape index (κ2) is 5.72. The third kappa shape index (κ3) is 3.07. The number of aliphatic imine (C=N–C) groups is 1.